The van der Waals surface area contributed by atoms with Crippen LogP contribution in [-0.4, -0.2) is 46.1 Å². The number of halogens is 9. The zero-order chi connectivity index (χ0) is 18.4. The minimum absolute atomic E-state index is 0.304. The Bertz CT molecular complexity index is 454. The summed E-state index contributed by atoms with van der Waals surface area (Å²) in [5.74, 6) is -27.8. The van der Waals surface area contributed by atoms with Gasteiger partial charge in [-0.1, -0.05) is 6.92 Å². The maximum atomic E-state index is 13.6. The number of hydrogen-bond donors (Lipinski definition) is 2. The quantitative estimate of drug-likeness (QED) is 0.571. The standard InChI is InChI=1S/C9H7F9O4/c1-2-5(3(19)20,4(21)22)6(10,11)7(12,13)8(14,15)9(16,17)18/h2H2,1H3,(H,19,20)(H,21,22). The third kappa shape index (κ3) is 2.26. The van der Waals surface area contributed by atoms with Crippen LogP contribution in [0.5, 0.6) is 0 Å². The molecule has 0 aromatic carbocycles. The smallest absolute Gasteiger partial charge is 0.460 e. The van der Waals surface area contributed by atoms with Gasteiger partial charge in [0.1, 0.15) is 0 Å². The maximum Gasteiger partial charge on any atom is 0.460 e. The molecule has 0 aromatic rings. The second kappa shape index (κ2) is 5.19. The third-order valence-electron chi connectivity index (χ3n) is 2.94. The van der Waals surface area contributed by atoms with Crippen LogP contribution in [0, 0.1) is 5.41 Å². The van der Waals surface area contributed by atoms with Crippen molar-refractivity contribution < 1.29 is 59.3 Å². The number of rotatable bonds is 6. The van der Waals surface area contributed by atoms with Crippen LogP contribution in [0.3, 0.4) is 0 Å². The van der Waals surface area contributed by atoms with E-state index in [0.29, 0.717) is 6.92 Å². The van der Waals surface area contributed by atoms with Gasteiger partial charge in [-0.15, -0.1) is 0 Å². The summed E-state index contributed by atoms with van der Waals surface area (Å²) >= 11 is 0. The highest BCUT2D eigenvalue weighted by Crippen LogP contribution is 2.59. The predicted molar refractivity (Wildman–Crippen MR) is 48.9 cm³/mol. The van der Waals surface area contributed by atoms with Crippen LogP contribution in [0.1, 0.15) is 13.3 Å². The molecule has 130 valence electrons. The Morgan fingerprint density at radius 3 is 1.23 bits per heavy atom. The molecule has 0 spiro atoms. The zero-order valence-corrected chi connectivity index (χ0v) is 10.3. The van der Waals surface area contributed by atoms with Gasteiger partial charge in [0.2, 0.25) is 5.41 Å². The first-order valence-corrected chi connectivity index (χ1v) is 5.12. The number of carboxylic acid groups (broad SMARTS) is 2. The van der Waals surface area contributed by atoms with Crippen molar-refractivity contribution in [2.75, 3.05) is 0 Å². The van der Waals surface area contributed by atoms with Gasteiger partial charge in [-0.3, -0.25) is 9.59 Å². The number of aliphatic carboxylic acids is 2. The summed E-state index contributed by atoms with van der Waals surface area (Å²) in [6, 6.07) is 0. The number of carbonyl (C=O) groups is 2. The first kappa shape index (κ1) is 20.3. The first-order chi connectivity index (χ1) is 9.45. The molecule has 0 saturated heterocycles. The fraction of sp³-hybridized carbons (Fsp3) is 0.778. The van der Waals surface area contributed by atoms with Crippen molar-refractivity contribution in [3.63, 3.8) is 0 Å². The van der Waals surface area contributed by atoms with E-state index in [-0.39, 0.29) is 0 Å². The predicted octanol–water partition coefficient (Wildman–Crippen LogP) is 3.02. The lowest BCUT2D eigenvalue weighted by atomic mass is 9.74. The van der Waals surface area contributed by atoms with E-state index < -0.39 is 47.7 Å². The molecule has 0 rings (SSSR count). The van der Waals surface area contributed by atoms with Gasteiger partial charge in [0.25, 0.3) is 0 Å². The summed E-state index contributed by atoms with van der Waals surface area (Å²) in [7, 11) is 0. The van der Waals surface area contributed by atoms with Crippen molar-refractivity contribution in [2.24, 2.45) is 5.41 Å². The van der Waals surface area contributed by atoms with Gasteiger partial charge in [-0.25, -0.2) is 0 Å². The molecule has 4 nitrogen and oxygen atoms in total. The molecule has 2 N–H and O–H groups in total. The largest absolute Gasteiger partial charge is 0.480 e. The molecule has 0 aliphatic rings. The average molecular weight is 350 g/mol. The molecule has 0 aromatic heterocycles. The SMILES string of the molecule is CCC(C(=O)O)(C(=O)O)C(F)(F)C(F)(F)C(F)(F)C(F)(F)F. The van der Waals surface area contributed by atoms with Crippen LogP contribution in [0.25, 0.3) is 0 Å². The molecular formula is C9H7F9O4. The summed E-state index contributed by atoms with van der Waals surface area (Å²) in [5, 5.41) is 16.9. The molecule has 0 fully saturated rings. The Balaban J connectivity index is 6.53. The minimum Gasteiger partial charge on any atom is -0.480 e. The third-order valence-corrected chi connectivity index (χ3v) is 2.94. The van der Waals surface area contributed by atoms with Crippen LogP contribution in [-0.2, 0) is 9.59 Å². The Hall–Kier alpha value is -1.69. The van der Waals surface area contributed by atoms with Gasteiger partial charge in [0, 0.05) is 0 Å². The minimum atomic E-state index is -7.37. The fourth-order valence-corrected chi connectivity index (χ4v) is 1.53. The van der Waals surface area contributed by atoms with Crippen molar-refractivity contribution >= 4 is 11.9 Å². The van der Waals surface area contributed by atoms with Crippen molar-refractivity contribution in [1.82, 2.24) is 0 Å². The van der Waals surface area contributed by atoms with Crippen LogP contribution < -0.4 is 0 Å². The summed E-state index contributed by atoms with van der Waals surface area (Å²) in [6.07, 6.45) is -9.05. The Morgan fingerprint density at radius 1 is 0.727 bits per heavy atom. The molecule has 0 unspecified atom stereocenters. The lowest BCUT2D eigenvalue weighted by Gasteiger charge is -2.40. The van der Waals surface area contributed by atoms with Gasteiger partial charge < -0.3 is 10.2 Å². The van der Waals surface area contributed by atoms with Crippen LogP contribution >= 0.6 is 0 Å². The van der Waals surface area contributed by atoms with E-state index in [1.807, 2.05) is 0 Å². The van der Waals surface area contributed by atoms with Crippen LogP contribution in [0.2, 0.25) is 0 Å². The molecule has 22 heavy (non-hydrogen) atoms. The fourth-order valence-electron chi connectivity index (χ4n) is 1.53. The highest BCUT2D eigenvalue weighted by molar-refractivity contribution is 5.99. The Kier molecular flexibility index (Phi) is 4.79. The van der Waals surface area contributed by atoms with Crippen molar-refractivity contribution in [1.29, 1.82) is 0 Å². The molecule has 0 amide bonds. The summed E-state index contributed by atoms with van der Waals surface area (Å²) in [4.78, 5) is 21.3. The molecule has 0 heterocycles. The molecule has 0 atom stereocenters. The number of alkyl halides is 9. The highest BCUT2D eigenvalue weighted by Gasteiger charge is 2.88. The summed E-state index contributed by atoms with van der Waals surface area (Å²) in [5.41, 5.74) is -4.88. The van der Waals surface area contributed by atoms with E-state index in [0.717, 1.165) is 0 Å². The monoisotopic (exact) mass is 350 g/mol. The Morgan fingerprint density at radius 2 is 1.05 bits per heavy atom. The van der Waals surface area contributed by atoms with Crippen LogP contribution in [0.15, 0.2) is 0 Å². The lowest BCUT2D eigenvalue weighted by Crippen LogP contribution is -2.69. The maximum absolute atomic E-state index is 13.6. The number of hydrogen-bond acceptors (Lipinski definition) is 2. The van der Waals surface area contributed by atoms with Gasteiger partial charge in [0.15, 0.2) is 0 Å². The van der Waals surface area contributed by atoms with Crippen molar-refractivity contribution in [3.8, 4) is 0 Å². The van der Waals surface area contributed by atoms with Gasteiger partial charge >= 0.3 is 35.9 Å². The molecule has 0 aliphatic carbocycles. The van der Waals surface area contributed by atoms with Crippen molar-refractivity contribution in [2.45, 2.75) is 37.3 Å². The zero-order valence-electron chi connectivity index (χ0n) is 10.3. The lowest BCUT2D eigenvalue weighted by molar-refractivity contribution is -0.407. The molecule has 0 radical (unpaired) electrons. The summed E-state index contributed by atoms with van der Waals surface area (Å²) in [6.45, 7) is 0.304. The Labute approximate surface area is 115 Å². The van der Waals surface area contributed by atoms with E-state index in [2.05, 4.69) is 0 Å². The van der Waals surface area contributed by atoms with Gasteiger partial charge in [0.05, 0.1) is 0 Å². The van der Waals surface area contributed by atoms with E-state index in [1.165, 1.54) is 0 Å². The highest BCUT2D eigenvalue weighted by atomic mass is 19.4. The van der Waals surface area contributed by atoms with E-state index in [4.69, 9.17) is 10.2 Å². The second-order valence-electron chi connectivity index (χ2n) is 4.09. The summed E-state index contributed by atoms with van der Waals surface area (Å²) < 4.78 is 114. The molecule has 0 aliphatic heterocycles. The normalized spacial score (nSPS) is 14.8. The van der Waals surface area contributed by atoms with Gasteiger partial charge in [-0.05, 0) is 6.42 Å². The average Bonchev–Trinajstić information content (AvgIpc) is 2.26. The van der Waals surface area contributed by atoms with E-state index >= 15 is 0 Å². The first-order valence-electron chi connectivity index (χ1n) is 5.12. The molecule has 0 bridgehead atoms. The van der Waals surface area contributed by atoms with Gasteiger partial charge in [-0.2, -0.15) is 39.5 Å². The molecule has 13 heteroatoms. The molecular weight excluding hydrogens is 343 g/mol. The van der Waals surface area contributed by atoms with Crippen LogP contribution in [0.4, 0.5) is 39.5 Å². The van der Waals surface area contributed by atoms with E-state index in [9.17, 15) is 49.1 Å². The number of carboxylic acids is 2. The second-order valence-corrected chi connectivity index (χ2v) is 4.09. The topological polar surface area (TPSA) is 74.6 Å². The molecule has 0 saturated carbocycles. The van der Waals surface area contributed by atoms with Crippen molar-refractivity contribution in [3.05, 3.63) is 0 Å². The van der Waals surface area contributed by atoms with E-state index in [1.54, 1.807) is 0 Å².